The molecule has 1 aliphatic rings. The van der Waals surface area contributed by atoms with Crippen molar-refractivity contribution >= 4 is 21.8 Å². The average molecular weight is 478 g/mol. The number of aromatic hydroxyl groups is 1. The van der Waals surface area contributed by atoms with E-state index in [1.807, 2.05) is 0 Å². The van der Waals surface area contributed by atoms with Crippen LogP contribution in [0.2, 0.25) is 0 Å². The molecule has 1 aliphatic heterocycles. The Hall–Kier alpha value is -2.98. The summed E-state index contributed by atoms with van der Waals surface area (Å²) in [5.41, 5.74) is 0.551. The lowest BCUT2D eigenvalue weighted by Crippen LogP contribution is -2.57. The van der Waals surface area contributed by atoms with E-state index in [4.69, 9.17) is 0 Å². The van der Waals surface area contributed by atoms with Gasteiger partial charge in [-0.05, 0) is 42.7 Å². The van der Waals surface area contributed by atoms with Crippen molar-refractivity contribution in [1.29, 1.82) is 0 Å². The molecule has 3 rings (SSSR count). The normalized spacial score (nSPS) is 16.0. The molecule has 178 valence electrons. The SMILES string of the molecule is Cc1ccc(O)c(S(=O)(=O)N2CCN(C(=O)C(NC(=O)c3ccccc3F)C(C)C)CC2)c1. The summed E-state index contributed by atoms with van der Waals surface area (Å²) in [6, 6.07) is 9.01. The Balaban J connectivity index is 1.69. The van der Waals surface area contributed by atoms with E-state index in [2.05, 4.69) is 5.32 Å². The maximum absolute atomic E-state index is 14.0. The minimum absolute atomic E-state index is 0.0491. The molecule has 1 heterocycles. The highest BCUT2D eigenvalue weighted by atomic mass is 32.2. The van der Waals surface area contributed by atoms with Gasteiger partial charge in [0, 0.05) is 26.2 Å². The molecule has 0 saturated carbocycles. The van der Waals surface area contributed by atoms with Gasteiger partial charge in [-0.25, -0.2) is 12.8 Å². The van der Waals surface area contributed by atoms with E-state index in [0.717, 1.165) is 0 Å². The van der Waals surface area contributed by atoms with Crippen LogP contribution in [0, 0.1) is 18.7 Å². The number of hydrogen-bond acceptors (Lipinski definition) is 5. The summed E-state index contributed by atoms with van der Waals surface area (Å²) in [5.74, 6) is -2.31. The Morgan fingerprint density at radius 1 is 1.06 bits per heavy atom. The summed E-state index contributed by atoms with van der Waals surface area (Å²) in [4.78, 5) is 27.0. The fourth-order valence-corrected chi connectivity index (χ4v) is 5.28. The third-order valence-electron chi connectivity index (χ3n) is 5.62. The van der Waals surface area contributed by atoms with Gasteiger partial charge in [0.25, 0.3) is 5.91 Å². The fraction of sp³-hybridized carbons (Fsp3) is 0.391. The molecule has 1 fully saturated rings. The molecule has 8 nitrogen and oxygen atoms in total. The molecule has 1 atom stereocenters. The molecule has 0 spiro atoms. The molecule has 1 unspecified atom stereocenters. The van der Waals surface area contributed by atoms with Crippen LogP contribution in [0.1, 0.15) is 29.8 Å². The maximum Gasteiger partial charge on any atom is 0.254 e. The number of sulfonamides is 1. The zero-order valence-corrected chi connectivity index (χ0v) is 19.6. The number of aryl methyl sites for hydroxylation is 1. The Bertz CT molecular complexity index is 1140. The fourth-order valence-electron chi connectivity index (χ4n) is 3.69. The molecule has 1 saturated heterocycles. The van der Waals surface area contributed by atoms with E-state index >= 15 is 0 Å². The number of piperazine rings is 1. The van der Waals surface area contributed by atoms with Gasteiger partial charge in [-0.15, -0.1) is 0 Å². The second-order valence-electron chi connectivity index (χ2n) is 8.38. The van der Waals surface area contributed by atoms with E-state index < -0.39 is 27.8 Å². The molecule has 2 N–H and O–H groups in total. The Morgan fingerprint density at radius 2 is 1.70 bits per heavy atom. The lowest BCUT2D eigenvalue weighted by molar-refractivity contribution is -0.135. The predicted octanol–water partition coefficient (Wildman–Crippen LogP) is 2.13. The Labute approximate surface area is 193 Å². The van der Waals surface area contributed by atoms with Crippen LogP contribution in [0.3, 0.4) is 0 Å². The van der Waals surface area contributed by atoms with Crippen LogP contribution in [0.15, 0.2) is 47.4 Å². The van der Waals surface area contributed by atoms with Gasteiger partial charge in [-0.1, -0.05) is 32.0 Å². The summed E-state index contributed by atoms with van der Waals surface area (Å²) in [5, 5.41) is 12.7. The first-order valence-electron chi connectivity index (χ1n) is 10.7. The van der Waals surface area contributed by atoms with Crippen molar-refractivity contribution in [3.05, 3.63) is 59.4 Å². The highest BCUT2D eigenvalue weighted by molar-refractivity contribution is 7.89. The number of hydrogen-bond donors (Lipinski definition) is 2. The smallest absolute Gasteiger partial charge is 0.254 e. The minimum Gasteiger partial charge on any atom is -0.507 e. The number of phenolic OH excluding ortho intramolecular Hbond substituents is 1. The number of phenols is 1. The first kappa shape index (κ1) is 24.7. The average Bonchev–Trinajstić information content (AvgIpc) is 2.78. The highest BCUT2D eigenvalue weighted by Crippen LogP contribution is 2.27. The van der Waals surface area contributed by atoms with Crippen LogP contribution in [0.5, 0.6) is 5.75 Å². The van der Waals surface area contributed by atoms with Crippen molar-refractivity contribution in [3.8, 4) is 5.75 Å². The predicted molar refractivity (Wildman–Crippen MR) is 121 cm³/mol. The number of nitrogens with one attached hydrogen (secondary N) is 1. The van der Waals surface area contributed by atoms with Gasteiger partial charge >= 0.3 is 0 Å². The van der Waals surface area contributed by atoms with Gasteiger partial charge in [-0.3, -0.25) is 9.59 Å². The lowest BCUT2D eigenvalue weighted by Gasteiger charge is -2.36. The van der Waals surface area contributed by atoms with Gasteiger partial charge in [0.2, 0.25) is 15.9 Å². The second kappa shape index (κ2) is 9.88. The van der Waals surface area contributed by atoms with E-state index in [1.165, 1.54) is 45.6 Å². The van der Waals surface area contributed by atoms with E-state index in [1.54, 1.807) is 26.8 Å². The van der Waals surface area contributed by atoms with Gasteiger partial charge < -0.3 is 15.3 Å². The van der Waals surface area contributed by atoms with E-state index in [9.17, 15) is 27.5 Å². The van der Waals surface area contributed by atoms with Gasteiger partial charge in [0.05, 0.1) is 5.56 Å². The summed E-state index contributed by atoms with van der Waals surface area (Å²) < 4.78 is 41.2. The van der Waals surface area contributed by atoms with Crippen molar-refractivity contribution in [2.75, 3.05) is 26.2 Å². The molecule has 0 aliphatic carbocycles. The van der Waals surface area contributed by atoms with Crippen LogP contribution in [0.4, 0.5) is 4.39 Å². The maximum atomic E-state index is 14.0. The number of halogens is 1. The number of nitrogens with zero attached hydrogens (tertiary/aromatic N) is 2. The van der Waals surface area contributed by atoms with Crippen molar-refractivity contribution in [1.82, 2.24) is 14.5 Å². The zero-order chi connectivity index (χ0) is 24.3. The van der Waals surface area contributed by atoms with Gasteiger partial charge in [0.15, 0.2) is 0 Å². The van der Waals surface area contributed by atoms with Crippen LogP contribution >= 0.6 is 0 Å². The van der Waals surface area contributed by atoms with Crippen LogP contribution in [-0.2, 0) is 14.8 Å². The Kier molecular flexibility index (Phi) is 7.38. The lowest BCUT2D eigenvalue weighted by atomic mass is 10.0. The van der Waals surface area contributed by atoms with Crippen molar-refractivity contribution in [2.45, 2.75) is 31.7 Å². The molecule has 0 aromatic heterocycles. The molecule has 2 amide bonds. The molecule has 0 radical (unpaired) electrons. The van der Waals surface area contributed by atoms with Crippen molar-refractivity contribution in [3.63, 3.8) is 0 Å². The molecule has 2 aromatic rings. The number of benzene rings is 2. The molecule has 33 heavy (non-hydrogen) atoms. The molecular formula is C23H28FN3O5S. The van der Waals surface area contributed by atoms with Crippen LogP contribution < -0.4 is 5.32 Å². The quantitative estimate of drug-likeness (QED) is 0.663. The summed E-state index contributed by atoms with van der Waals surface area (Å²) in [6.45, 7) is 5.63. The van der Waals surface area contributed by atoms with Crippen molar-refractivity contribution in [2.24, 2.45) is 5.92 Å². The third kappa shape index (κ3) is 5.33. The molecule has 10 heteroatoms. The molecular weight excluding hydrogens is 449 g/mol. The number of carbonyl (C=O) groups excluding carboxylic acids is 2. The second-order valence-corrected chi connectivity index (χ2v) is 10.3. The molecule has 2 aromatic carbocycles. The third-order valence-corrected chi connectivity index (χ3v) is 7.55. The monoisotopic (exact) mass is 477 g/mol. The molecule has 0 bridgehead atoms. The summed E-state index contributed by atoms with van der Waals surface area (Å²) in [7, 11) is -3.93. The number of carbonyl (C=O) groups is 2. The first-order valence-corrected chi connectivity index (χ1v) is 12.1. The largest absolute Gasteiger partial charge is 0.507 e. The van der Waals surface area contributed by atoms with E-state index in [0.29, 0.717) is 5.56 Å². The Morgan fingerprint density at radius 3 is 2.30 bits per heavy atom. The summed E-state index contributed by atoms with van der Waals surface area (Å²) >= 11 is 0. The first-order chi connectivity index (χ1) is 15.5. The number of rotatable bonds is 6. The topological polar surface area (TPSA) is 107 Å². The summed E-state index contributed by atoms with van der Waals surface area (Å²) in [6.07, 6.45) is 0. The standard InChI is InChI=1S/C23H28FN3O5S/c1-15(2)21(25-22(29)17-6-4-5-7-18(17)24)23(30)26-10-12-27(13-11-26)33(31,32)20-14-16(3)8-9-19(20)28/h4-9,14-15,21,28H,10-13H2,1-3H3,(H,25,29). The van der Waals surface area contributed by atoms with Gasteiger partial charge in [-0.2, -0.15) is 4.31 Å². The van der Waals surface area contributed by atoms with Gasteiger partial charge in [0.1, 0.15) is 22.5 Å². The van der Waals surface area contributed by atoms with Crippen LogP contribution in [-0.4, -0.2) is 66.8 Å². The zero-order valence-electron chi connectivity index (χ0n) is 18.8. The highest BCUT2D eigenvalue weighted by Gasteiger charge is 2.35. The minimum atomic E-state index is -3.93. The number of amides is 2. The van der Waals surface area contributed by atoms with Crippen LogP contribution in [0.25, 0.3) is 0 Å². The van der Waals surface area contributed by atoms with Crippen molar-refractivity contribution < 1.29 is 27.5 Å². The van der Waals surface area contributed by atoms with E-state index in [-0.39, 0.29) is 54.2 Å².